The van der Waals surface area contributed by atoms with Crippen LogP contribution in [0.5, 0.6) is 11.6 Å². The maximum atomic E-state index is 12.9. The summed E-state index contributed by atoms with van der Waals surface area (Å²) in [5.41, 5.74) is -0.797. The van der Waals surface area contributed by atoms with Crippen LogP contribution in [0, 0.1) is 3.57 Å². The monoisotopic (exact) mass is 408 g/mol. The number of pyridine rings is 1. The lowest BCUT2D eigenvalue weighted by molar-refractivity contribution is -0.137. The molecule has 0 radical (unpaired) electrons. The highest BCUT2D eigenvalue weighted by Crippen LogP contribution is 2.34. The summed E-state index contributed by atoms with van der Waals surface area (Å²) in [5, 5.41) is 2.77. The summed E-state index contributed by atoms with van der Waals surface area (Å²) in [7, 11) is 0. The number of anilines is 1. The van der Waals surface area contributed by atoms with Crippen molar-refractivity contribution in [3.8, 4) is 11.6 Å². The van der Waals surface area contributed by atoms with E-state index in [0.29, 0.717) is 12.3 Å². The first-order valence-corrected chi connectivity index (χ1v) is 7.23. The molecule has 0 atom stereocenters. The Morgan fingerprint density at radius 3 is 2.57 bits per heavy atom. The van der Waals surface area contributed by atoms with Gasteiger partial charge < -0.3 is 10.1 Å². The zero-order valence-electron chi connectivity index (χ0n) is 11.0. The third kappa shape index (κ3) is 4.23. The minimum absolute atomic E-state index is 0.0927. The fourth-order valence-electron chi connectivity index (χ4n) is 1.63. The molecule has 0 amide bonds. The van der Waals surface area contributed by atoms with E-state index in [-0.39, 0.29) is 11.7 Å². The fraction of sp³-hybridized carbons (Fsp3) is 0.214. The molecule has 21 heavy (non-hydrogen) atoms. The van der Waals surface area contributed by atoms with Crippen molar-refractivity contribution in [3.05, 3.63) is 45.5 Å². The first-order chi connectivity index (χ1) is 9.90. The van der Waals surface area contributed by atoms with Crippen LogP contribution < -0.4 is 10.1 Å². The van der Waals surface area contributed by atoms with E-state index in [1.54, 1.807) is 25.1 Å². The number of benzene rings is 1. The van der Waals surface area contributed by atoms with Gasteiger partial charge in [0.2, 0.25) is 5.88 Å². The van der Waals surface area contributed by atoms with Crippen molar-refractivity contribution >= 4 is 28.4 Å². The molecule has 2 rings (SSSR count). The molecular formula is C14H12F3IN2O. The number of aromatic nitrogens is 1. The van der Waals surface area contributed by atoms with Gasteiger partial charge in [0, 0.05) is 12.6 Å². The van der Waals surface area contributed by atoms with Gasteiger partial charge in [0.25, 0.3) is 0 Å². The van der Waals surface area contributed by atoms with Crippen molar-refractivity contribution in [2.75, 3.05) is 11.9 Å². The van der Waals surface area contributed by atoms with Crippen LogP contribution >= 0.6 is 22.6 Å². The lowest BCUT2D eigenvalue weighted by Crippen LogP contribution is -2.08. The summed E-state index contributed by atoms with van der Waals surface area (Å²) in [6, 6.07) is 8.90. The van der Waals surface area contributed by atoms with E-state index in [2.05, 4.69) is 10.3 Å². The number of ether oxygens (including phenoxy) is 1. The molecule has 0 aliphatic heterocycles. The molecule has 0 aliphatic carbocycles. The van der Waals surface area contributed by atoms with Gasteiger partial charge in [-0.2, -0.15) is 18.2 Å². The summed E-state index contributed by atoms with van der Waals surface area (Å²) in [6.07, 6.45) is -4.45. The summed E-state index contributed by atoms with van der Waals surface area (Å²) < 4.78 is 44.9. The van der Waals surface area contributed by atoms with Gasteiger partial charge in [0.1, 0.15) is 11.6 Å². The number of alkyl halides is 3. The molecule has 1 aromatic carbocycles. The normalized spacial score (nSPS) is 11.3. The molecule has 0 saturated heterocycles. The van der Waals surface area contributed by atoms with Gasteiger partial charge in [-0.3, -0.25) is 0 Å². The van der Waals surface area contributed by atoms with Crippen LogP contribution in [0.3, 0.4) is 0 Å². The molecule has 0 aliphatic rings. The summed E-state index contributed by atoms with van der Waals surface area (Å²) in [4.78, 5) is 4.04. The Balaban J connectivity index is 2.38. The van der Waals surface area contributed by atoms with Gasteiger partial charge in [0.05, 0.1) is 9.13 Å². The number of nitrogens with zero attached hydrogens (tertiary/aromatic N) is 1. The van der Waals surface area contributed by atoms with Crippen molar-refractivity contribution in [1.82, 2.24) is 4.98 Å². The zero-order chi connectivity index (χ0) is 15.5. The Hall–Kier alpha value is -1.51. The van der Waals surface area contributed by atoms with Gasteiger partial charge in [-0.15, -0.1) is 0 Å². The molecule has 2 aromatic rings. The zero-order valence-corrected chi connectivity index (χ0v) is 13.2. The average Bonchev–Trinajstić information content (AvgIpc) is 2.41. The predicted octanol–water partition coefficient (Wildman–Crippen LogP) is 4.93. The minimum Gasteiger partial charge on any atom is -0.438 e. The summed E-state index contributed by atoms with van der Waals surface area (Å²) in [6.45, 7) is 2.25. The van der Waals surface area contributed by atoms with Crippen LogP contribution in [0.2, 0.25) is 0 Å². The van der Waals surface area contributed by atoms with Crippen LogP contribution in [0.25, 0.3) is 0 Å². The lowest BCUT2D eigenvalue weighted by Gasteiger charge is -2.13. The number of para-hydroxylation sites is 1. The highest BCUT2D eigenvalue weighted by atomic mass is 127. The van der Waals surface area contributed by atoms with E-state index in [4.69, 9.17) is 4.74 Å². The van der Waals surface area contributed by atoms with Crippen molar-refractivity contribution in [2.24, 2.45) is 0 Å². The quantitative estimate of drug-likeness (QED) is 0.729. The fourth-order valence-corrected chi connectivity index (χ4v) is 2.13. The van der Waals surface area contributed by atoms with Crippen molar-refractivity contribution in [3.63, 3.8) is 0 Å². The molecule has 1 N–H and O–H groups in total. The minimum atomic E-state index is -4.45. The molecule has 3 nitrogen and oxygen atoms in total. The third-order valence-corrected chi connectivity index (χ3v) is 3.43. The molecule has 1 aromatic heterocycles. The van der Waals surface area contributed by atoms with Gasteiger partial charge in [-0.25, -0.2) is 0 Å². The number of hydrogen-bond donors (Lipinski definition) is 1. The Labute approximate surface area is 133 Å². The second-order valence-corrected chi connectivity index (χ2v) is 5.30. The first-order valence-electron chi connectivity index (χ1n) is 6.15. The highest BCUT2D eigenvalue weighted by molar-refractivity contribution is 14.1. The molecule has 0 fully saturated rings. The largest absolute Gasteiger partial charge is 0.438 e. The van der Waals surface area contributed by atoms with Crippen molar-refractivity contribution in [1.29, 1.82) is 0 Å². The molecule has 7 heteroatoms. The third-order valence-electron chi connectivity index (χ3n) is 2.54. The van der Waals surface area contributed by atoms with Gasteiger partial charge >= 0.3 is 6.18 Å². The molecule has 112 valence electrons. The van der Waals surface area contributed by atoms with Crippen LogP contribution in [0.15, 0.2) is 36.4 Å². The Kier molecular flexibility index (Phi) is 4.92. The number of rotatable bonds is 4. The summed E-state index contributed by atoms with van der Waals surface area (Å²) >= 11 is 2.05. The van der Waals surface area contributed by atoms with E-state index < -0.39 is 11.7 Å². The van der Waals surface area contributed by atoms with Gasteiger partial charge in [-0.05, 0) is 47.7 Å². The van der Waals surface area contributed by atoms with E-state index in [9.17, 15) is 13.2 Å². The lowest BCUT2D eigenvalue weighted by atomic mass is 10.2. The molecule has 0 saturated carbocycles. The van der Waals surface area contributed by atoms with Crippen LogP contribution in [-0.2, 0) is 6.18 Å². The Bertz CT molecular complexity index is 632. The summed E-state index contributed by atoms with van der Waals surface area (Å²) in [5.74, 6) is 0.505. The van der Waals surface area contributed by atoms with Gasteiger partial charge in [-0.1, -0.05) is 12.1 Å². The Morgan fingerprint density at radius 1 is 1.24 bits per heavy atom. The SMILES string of the molecule is CCNc1cc(C(F)(F)F)cc(Oc2ccccc2I)n1. The second-order valence-electron chi connectivity index (χ2n) is 4.14. The van der Waals surface area contributed by atoms with Crippen molar-refractivity contribution < 1.29 is 17.9 Å². The van der Waals surface area contributed by atoms with Crippen LogP contribution in [-0.4, -0.2) is 11.5 Å². The van der Waals surface area contributed by atoms with Gasteiger partial charge in [0.15, 0.2) is 0 Å². The maximum Gasteiger partial charge on any atom is 0.416 e. The topological polar surface area (TPSA) is 34.1 Å². The van der Waals surface area contributed by atoms with E-state index in [1.165, 1.54) is 0 Å². The first kappa shape index (κ1) is 15.9. The van der Waals surface area contributed by atoms with E-state index in [0.717, 1.165) is 15.7 Å². The standard InChI is InChI=1S/C14H12F3IN2O/c1-2-19-12-7-9(14(15,16)17)8-13(20-12)21-11-6-4-3-5-10(11)18/h3-8H,2H2,1H3,(H,19,20). The van der Waals surface area contributed by atoms with Crippen LogP contribution in [0.4, 0.5) is 19.0 Å². The van der Waals surface area contributed by atoms with Crippen molar-refractivity contribution in [2.45, 2.75) is 13.1 Å². The average molecular weight is 408 g/mol. The Morgan fingerprint density at radius 2 is 1.95 bits per heavy atom. The second kappa shape index (κ2) is 6.50. The maximum absolute atomic E-state index is 12.9. The molecule has 1 heterocycles. The molecular weight excluding hydrogens is 396 g/mol. The number of nitrogens with one attached hydrogen (secondary N) is 1. The van der Waals surface area contributed by atoms with E-state index in [1.807, 2.05) is 28.7 Å². The smallest absolute Gasteiger partial charge is 0.416 e. The number of hydrogen-bond acceptors (Lipinski definition) is 3. The predicted molar refractivity (Wildman–Crippen MR) is 82.6 cm³/mol. The molecule has 0 unspecified atom stereocenters. The van der Waals surface area contributed by atoms with Crippen LogP contribution in [0.1, 0.15) is 12.5 Å². The molecule has 0 spiro atoms. The molecule has 0 bridgehead atoms. The van der Waals surface area contributed by atoms with E-state index >= 15 is 0 Å². The number of halogens is 4. The highest BCUT2D eigenvalue weighted by Gasteiger charge is 2.32.